The molecular weight excluding hydrogens is 1910 g/mol. The van der Waals surface area contributed by atoms with E-state index >= 15 is 0 Å². The van der Waals surface area contributed by atoms with Gasteiger partial charge in [-0.15, -0.1) is 124 Å². The number of hydrogen-bond acceptors (Lipinski definition) is 12. The SMILES string of the molecule is CS(C)(OB(F)OS(C)(C)c1ccccc1)c1ccccc1.CS(C)(OB(F)OS(C)(C)c1ccccc1)c1ccccc1.CS(C)(OB(F)OS(C)(C)c1ccccc1)c1ccccc1.CS(C)(OB(F)OS(C)(C)c1ccccc1)c1ccccc1.CS(C)(OB(F)OS(C)(C)c1ccccc1)c1ccccc1.CS(C)(OB(F)OS(C)(C)c1ccccc1)c1ccccc1. The van der Waals surface area contributed by atoms with Crippen molar-refractivity contribution in [1.29, 1.82) is 0 Å². The molecule has 12 aromatic rings. The molecular formula is C96H132B6F6O12S12. The molecule has 0 amide bonds. The Hall–Kier alpha value is -5.67. The van der Waals surface area contributed by atoms with E-state index in [2.05, 4.69) is 0 Å². The molecule has 720 valence electrons. The molecule has 0 atom stereocenters. The number of hydrogen-bond donors (Lipinski definition) is 0. The third-order valence-electron chi connectivity index (χ3n) is 19.5. The molecule has 0 aliphatic rings. The van der Waals surface area contributed by atoms with Crippen molar-refractivity contribution in [3.8, 4) is 0 Å². The molecule has 0 saturated heterocycles. The summed E-state index contributed by atoms with van der Waals surface area (Å²) in [6.07, 6.45) is 46.1. The van der Waals surface area contributed by atoms with Crippen LogP contribution in [0.4, 0.5) is 25.9 Å². The Bertz CT molecular complexity index is 4090. The molecule has 0 N–H and O–H groups in total. The summed E-state index contributed by atoms with van der Waals surface area (Å²) >= 11 is 0. The van der Waals surface area contributed by atoms with Gasteiger partial charge < -0.3 is 49.2 Å². The topological polar surface area (TPSA) is 111 Å². The van der Waals surface area contributed by atoms with Crippen LogP contribution < -0.4 is 0 Å². The molecule has 36 heteroatoms. The van der Waals surface area contributed by atoms with E-state index < -0.39 is 168 Å². The maximum atomic E-state index is 14.4. The van der Waals surface area contributed by atoms with Gasteiger partial charge in [0.1, 0.15) is 0 Å². The molecule has 0 aliphatic carbocycles. The van der Waals surface area contributed by atoms with Crippen LogP contribution in [0.1, 0.15) is 0 Å². The van der Waals surface area contributed by atoms with Gasteiger partial charge >= 0.3 is 44.4 Å². The summed E-state index contributed by atoms with van der Waals surface area (Å²) in [7, 11) is -30.9. The van der Waals surface area contributed by atoms with Crippen LogP contribution in [0.25, 0.3) is 0 Å². The second kappa shape index (κ2) is 52.4. The molecule has 12 rings (SSSR count). The van der Waals surface area contributed by atoms with Crippen molar-refractivity contribution in [3.05, 3.63) is 364 Å². The Morgan fingerprint density at radius 1 is 0.114 bits per heavy atom. The molecule has 0 aliphatic heterocycles. The first-order valence-corrected chi connectivity index (χ1v) is 69.8. The van der Waals surface area contributed by atoms with Gasteiger partial charge in [-0.05, 0) is 296 Å². The van der Waals surface area contributed by atoms with Crippen LogP contribution in [0.2, 0.25) is 0 Å². The van der Waals surface area contributed by atoms with Crippen molar-refractivity contribution >= 4 is 168 Å². The van der Waals surface area contributed by atoms with Crippen LogP contribution in [0.5, 0.6) is 0 Å². The first kappa shape index (κ1) is 113. The Balaban J connectivity index is 0.000000216. The maximum Gasteiger partial charge on any atom is 0.701 e. The quantitative estimate of drug-likeness (QED) is 0.0275. The third-order valence-corrected chi connectivity index (χ3v) is 44.0. The summed E-state index contributed by atoms with van der Waals surface area (Å²) in [5.74, 6) is 0. The minimum atomic E-state index is -1.74. The van der Waals surface area contributed by atoms with Gasteiger partial charge in [0.2, 0.25) is 0 Å². The molecule has 0 unspecified atom stereocenters. The standard InChI is InChI=1S/6C16H22BFO2S2/c6*1-21(2,15-11-7-5-8-12-15)19-17(18)20-22(3,4)16-13-9-6-10-14-16/h6*5-14H,1-4H3. The molecule has 0 bridgehead atoms. The van der Waals surface area contributed by atoms with Crippen LogP contribution in [0.15, 0.2) is 423 Å². The van der Waals surface area contributed by atoms with Gasteiger partial charge in [0.25, 0.3) is 0 Å². The summed E-state index contributed by atoms with van der Waals surface area (Å²) in [6.45, 7) is 0. The smallest absolute Gasteiger partial charge is 0.329 e. The number of rotatable bonds is 36. The molecule has 0 radical (unpaired) electrons. The molecule has 0 aromatic heterocycles. The summed E-state index contributed by atoms with van der Waals surface area (Å²) in [6, 6.07) is 117. The lowest BCUT2D eigenvalue weighted by molar-refractivity contribution is 0.403. The van der Waals surface area contributed by atoms with Gasteiger partial charge in [-0.1, -0.05) is 218 Å². The highest BCUT2D eigenvalue weighted by atomic mass is 32.3. The Morgan fingerprint density at radius 2 is 0.167 bits per heavy atom. The minimum Gasteiger partial charge on any atom is -0.329 e. The fourth-order valence-corrected chi connectivity index (χ4v) is 28.4. The number of halogens is 6. The number of benzene rings is 12. The van der Waals surface area contributed by atoms with E-state index in [1.807, 2.05) is 514 Å². The van der Waals surface area contributed by atoms with Crippen molar-refractivity contribution < 1.29 is 75.1 Å². The van der Waals surface area contributed by atoms with Gasteiger partial charge in [0.05, 0.1) is 0 Å². The van der Waals surface area contributed by atoms with Gasteiger partial charge in [0.15, 0.2) is 0 Å². The van der Waals surface area contributed by atoms with Crippen molar-refractivity contribution in [2.45, 2.75) is 58.7 Å². The van der Waals surface area contributed by atoms with Gasteiger partial charge in [-0.2, -0.15) is 0 Å². The van der Waals surface area contributed by atoms with Crippen LogP contribution >= 0.6 is 124 Å². The minimum absolute atomic E-state index is 0.994. The summed E-state index contributed by atoms with van der Waals surface area (Å²) in [5, 5.41) is 0. The zero-order valence-electron chi connectivity index (χ0n) is 80.2. The van der Waals surface area contributed by atoms with E-state index in [0.29, 0.717) is 0 Å². The van der Waals surface area contributed by atoms with Crippen molar-refractivity contribution in [3.63, 3.8) is 0 Å². The zero-order valence-corrected chi connectivity index (χ0v) is 90.0. The lowest BCUT2D eigenvalue weighted by atomic mass is 10.3. The predicted octanol–water partition coefficient (Wildman–Crippen LogP) is 30.3. The first-order chi connectivity index (χ1) is 61.9. The highest BCUT2D eigenvalue weighted by Gasteiger charge is 2.40. The van der Waals surface area contributed by atoms with E-state index in [0.717, 1.165) is 58.7 Å². The summed E-state index contributed by atoms with van der Waals surface area (Å²) in [4.78, 5) is 11.9. The van der Waals surface area contributed by atoms with Crippen molar-refractivity contribution in [2.24, 2.45) is 0 Å². The van der Waals surface area contributed by atoms with Gasteiger partial charge in [-0.3, -0.25) is 25.9 Å². The van der Waals surface area contributed by atoms with E-state index in [4.69, 9.17) is 49.2 Å². The second-order valence-corrected chi connectivity index (χ2v) is 70.9. The molecule has 12 aromatic carbocycles. The third kappa shape index (κ3) is 38.3. The predicted molar refractivity (Wildman–Crippen MR) is 584 cm³/mol. The average molecular weight is 2040 g/mol. The fourth-order valence-electron chi connectivity index (χ4n) is 12.0. The first-order valence-electron chi connectivity index (χ1n) is 41.3. The second-order valence-electron chi connectivity index (χ2n) is 33.4. The fraction of sp³-hybridized carbons (Fsp3) is 0.250. The average Bonchev–Trinajstić information content (AvgIpc) is 0.837. The van der Waals surface area contributed by atoms with Gasteiger partial charge in [0, 0.05) is 58.7 Å². The zero-order chi connectivity index (χ0) is 97.3. The monoisotopic (exact) mass is 2040 g/mol. The van der Waals surface area contributed by atoms with Crippen LogP contribution in [0.3, 0.4) is 0 Å². The van der Waals surface area contributed by atoms with Crippen molar-refractivity contribution in [2.75, 3.05) is 150 Å². The normalized spacial score (nSPS) is 13.7. The Kier molecular flexibility index (Phi) is 45.0. The molecule has 0 fully saturated rings. The van der Waals surface area contributed by atoms with E-state index in [-0.39, 0.29) is 0 Å². The van der Waals surface area contributed by atoms with Crippen molar-refractivity contribution in [1.82, 2.24) is 0 Å². The molecule has 0 spiro atoms. The van der Waals surface area contributed by atoms with E-state index in [1.54, 1.807) is 0 Å². The molecule has 12 nitrogen and oxygen atoms in total. The summed E-state index contributed by atoms with van der Waals surface area (Å²) in [5.41, 5.74) is 0. The van der Waals surface area contributed by atoms with Gasteiger partial charge in [-0.25, -0.2) is 0 Å². The molecule has 0 heterocycles. The lowest BCUT2D eigenvalue weighted by Gasteiger charge is -2.36. The molecule has 132 heavy (non-hydrogen) atoms. The largest absolute Gasteiger partial charge is 0.701 e. The van der Waals surface area contributed by atoms with Crippen LogP contribution in [0, 0.1) is 0 Å². The van der Waals surface area contributed by atoms with Crippen LogP contribution in [-0.4, -0.2) is 195 Å². The van der Waals surface area contributed by atoms with E-state index in [1.165, 1.54) is 0 Å². The maximum absolute atomic E-state index is 14.4. The Morgan fingerprint density at radius 3 is 0.220 bits per heavy atom. The molecule has 0 saturated carbocycles. The van der Waals surface area contributed by atoms with E-state index in [9.17, 15) is 25.9 Å². The summed E-state index contributed by atoms with van der Waals surface area (Å²) < 4.78 is 153. The lowest BCUT2D eigenvalue weighted by Crippen LogP contribution is -2.21. The highest BCUT2D eigenvalue weighted by molar-refractivity contribution is 8.33. The van der Waals surface area contributed by atoms with Crippen LogP contribution in [-0.2, 0) is 49.2 Å². The highest BCUT2D eigenvalue weighted by Crippen LogP contribution is 2.62. The Labute approximate surface area is 808 Å².